The molecule has 7 aromatic rings. The number of nitrogens with zero attached hydrogens (tertiary/aromatic N) is 6. The number of carbonyl (C=O) groups is 1. The van der Waals surface area contributed by atoms with Gasteiger partial charge in [-0.25, -0.2) is 9.97 Å². The van der Waals surface area contributed by atoms with Gasteiger partial charge >= 0.3 is 0 Å². The van der Waals surface area contributed by atoms with Crippen molar-refractivity contribution >= 4 is 33.5 Å². The zero-order valence-corrected chi connectivity index (χ0v) is 20.8. The lowest BCUT2D eigenvalue weighted by Crippen LogP contribution is -2.11. The third kappa shape index (κ3) is 4.09. The molecule has 10 nitrogen and oxygen atoms in total. The first-order valence-corrected chi connectivity index (χ1v) is 12.3. The van der Waals surface area contributed by atoms with Crippen LogP contribution in [-0.2, 0) is 0 Å². The molecule has 0 aliphatic rings. The highest BCUT2D eigenvalue weighted by Gasteiger charge is 2.16. The molecule has 0 saturated carbocycles. The number of benzene rings is 1. The van der Waals surface area contributed by atoms with Gasteiger partial charge < -0.3 is 14.9 Å². The number of H-pyrrole nitrogens is 2. The van der Waals surface area contributed by atoms with Crippen LogP contribution in [0.1, 0.15) is 16.1 Å². The average Bonchev–Trinajstić information content (AvgIpc) is 3.71. The Morgan fingerprint density at radius 3 is 2.59 bits per heavy atom. The van der Waals surface area contributed by atoms with Gasteiger partial charge in [-0.05, 0) is 37.3 Å². The number of hydrogen-bond acceptors (Lipinski definition) is 6. The fourth-order valence-corrected chi connectivity index (χ4v) is 4.65. The molecule has 0 fully saturated rings. The van der Waals surface area contributed by atoms with Crippen LogP contribution in [0.3, 0.4) is 0 Å². The maximum Gasteiger partial charge on any atom is 0.255 e. The third-order valence-corrected chi connectivity index (χ3v) is 6.55. The Morgan fingerprint density at radius 2 is 1.74 bits per heavy atom. The van der Waals surface area contributed by atoms with Gasteiger partial charge in [0.1, 0.15) is 5.69 Å². The first kappa shape index (κ1) is 22.5. The molecule has 1 amide bonds. The molecule has 0 saturated heterocycles. The molecule has 1 aromatic carbocycles. The summed E-state index contributed by atoms with van der Waals surface area (Å²) in [4.78, 5) is 33.7. The zero-order valence-electron chi connectivity index (χ0n) is 20.8. The quantitative estimate of drug-likeness (QED) is 0.287. The second kappa shape index (κ2) is 9.03. The Kier molecular flexibility index (Phi) is 5.22. The van der Waals surface area contributed by atoms with E-state index < -0.39 is 0 Å². The van der Waals surface area contributed by atoms with Gasteiger partial charge in [0.2, 0.25) is 0 Å². The lowest BCUT2D eigenvalue weighted by molar-refractivity contribution is 0.102. The van der Waals surface area contributed by atoms with Gasteiger partial charge in [0, 0.05) is 46.1 Å². The number of hydrogen-bond donors (Lipinski definition) is 3. The van der Waals surface area contributed by atoms with Crippen molar-refractivity contribution in [3.8, 4) is 28.2 Å². The van der Waals surface area contributed by atoms with E-state index in [2.05, 4.69) is 46.5 Å². The minimum absolute atomic E-state index is 0.196. The summed E-state index contributed by atoms with van der Waals surface area (Å²) >= 11 is 0. The van der Waals surface area contributed by atoms with Crippen molar-refractivity contribution in [1.29, 1.82) is 0 Å². The first-order chi connectivity index (χ1) is 19.1. The van der Waals surface area contributed by atoms with E-state index in [0.717, 1.165) is 50.2 Å². The number of fused-ring (bicyclic) bond motifs is 2. The number of amides is 1. The Hall–Kier alpha value is -5.64. The molecule has 0 aliphatic heterocycles. The Labute approximate surface area is 221 Å². The lowest BCUT2D eigenvalue weighted by atomic mass is 10.1. The molecule has 0 unspecified atom stereocenters. The van der Waals surface area contributed by atoms with E-state index in [1.165, 1.54) is 0 Å². The van der Waals surface area contributed by atoms with E-state index in [9.17, 15) is 4.79 Å². The summed E-state index contributed by atoms with van der Waals surface area (Å²) in [6.07, 6.45) is 12.5. The van der Waals surface area contributed by atoms with Gasteiger partial charge in [-0.3, -0.25) is 19.9 Å². The molecule has 0 bridgehead atoms. The maximum atomic E-state index is 12.6. The summed E-state index contributed by atoms with van der Waals surface area (Å²) in [5.74, 6) is -0.196. The van der Waals surface area contributed by atoms with Crippen molar-refractivity contribution in [2.45, 2.75) is 6.92 Å². The molecule has 0 atom stereocenters. The molecular formula is C29H21N9O. The van der Waals surface area contributed by atoms with Gasteiger partial charge in [0.05, 0.1) is 53.2 Å². The smallest absolute Gasteiger partial charge is 0.255 e. The van der Waals surface area contributed by atoms with Crippen molar-refractivity contribution in [3.05, 3.63) is 103 Å². The van der Waals surface area contributed by atoms with Crippen molar-refractivity contribution in [2.24, 2.45) is 0 Å². The van der Waals surface area contributed by atoms with Gasteiger partial charge in [-0.2, -0.15) is 5.10 Å². The van der Waals surface area contributed by atoms with Crippen molar-refractivity contribution in [1.82, 2.24) is 39.7 Å². The molecule has 39 heavy (non-hydrogen) atoms. The average molecular weight is 512 g/mol. The highest BCUT2D eigenvalue weighted by molar-refractivity contribution is 6.04. The second-order valence-corrected chi connectivity index (χ2v) is 9.20. The fraction of sp³-hybridized carbons (Fsp3) is 0.0345. The number of aryl methyl sites for hydroxylation is 1. The molecule has 0 aliphatic carbocycles. The van der Waals surface area contributed by atoms with Crippen LogP contribution in [-0.4, -0.2) is 45.6 Å². The van der Waals surface area contributed by atoms with E-state index >= 15 is 0 Å². The predicted molar refractivity (Wildman–Crippen MR) is 148 cm³/mol. The molecule has 7 rings (SSSR count). The summed E-state index contributed by atoms with van der Waals surface area (Å²) in [6, 6.07) is 15.0. The van der Waals surface area contributed by atoms with Crippen LogP contribution < -0.4 is 5.32 Å². The van der Waals surface area contributed by atoms with Gasteiger partial charge in [0.15, 0.2) is 5.65 Å². The van der Waals surface area contributed by atoms with Gasteiger partial charge in [-0.15, -0.1) is 0 Å². The predicted octanol–water partition coefficient (Wildman–Crippen LogP) is 5.31. The lowest BCUT2D eigenvalue weighted by Gasteiger charge is -2.07. The standard InChI is InChI=1S/C29H21N9O/c1-17-15-38(16-33-17)26-14-31-13-25-22(26)9-24(35-25)27-23-8-20(11-32-28(23)37-36-27)19-7-21(12-30-10-19)34-29(39)18-5-3-2-4-6-18/h2-16,35H,1H3,(H,34,39)(H,32,36,37). The minimum atomic E-state index is -0.196. The van der Waals surface area contributed by atoms with E-state index in [-0.39, 0.29) is 5.91 Å². The molecule has 0 spiro atoms. The van der Waals surface area contributed by atoms with Crippen molar-refractivity contribution in [3.63, 3.8) is 0 Å². The van der Waals surface area contributed by atoms with Crippen LogP contribution in [0.25, 0.3) is 50.1 Å². The highest BCUT2D eigenvalue weighted by Crippen LogP contribution is 2.32. The van der Waals surface area contributed by atoms with E-state index in [0.29, 0.717) is 16.9 Å². The summed E-state index contributed by atoms with van der Waals surface area (Å²) in [6.45, 7) is 1.95. The molecule has 188 valence electrons. The molecule has 10 heteroatoms. The summed E-state index contributed by atoms with van der Waals surface area (Å²) < 4.78 is 1.96. The van der Waals surface area contributed by atoms with Crippen LogP contribution in [0.2, 0.25) is 0 Å². The minimum Gasteiger partial charge on any atom is -0.352 e. The number of anilines is 1. The zero-order chi connectivity index (χ0) is 26.3. The molecular weight excluding hydrogens is 490 g/mol. The maximum absolute atomic E-state index is 12.6. The fourth-order valence-electron chi connectivity index (χ4n) is 4.65. The highest BCUT2D eigenvalue weighted by atomic mass is 16.1. The normalized spacial score (nSPS) is 11.3. The van der Waals surface area contributed by atoms with Crippen molar-refractivity contribution in [2.75, 3.05) is 5.32 Å². The van der Waals surface area contributed by atoms with E-state index in [1.54, 1.807) is 43.2 Å². The van der Waals surface area contributed by atoms with E-state index in [1.807, 2.05) is 54.2 Å². The van der Waals surface area contributed by atoms with Crippen LogP contribution in [0, 0.1) is 6.92 Å². The topological polar surface area (TPSA) is 130 Å². The van der Waals surface area contributed by atoms with Gasteiger partial charge in [-0.1, -0.05) is 18.2 Å². The monoisotopic (exact) mass is 511 g/mol. The summed E-state index contributed by atoms with van der Waals surface area (Å²) in [7, 11) is 0. The Morgan fingerprint density at radius 1 is 0.897 bits per heavy atom. The largest absolute Gasteiger partial charge is 0.352 e. The number of carbonyl (C=O) groups excluding carboxylic acids is 1. The number of aromatic amines is 2. The van der Waals surface area contributed by atoms with Crippen molar-refractivity contribution < 1.29 is 4.79 Å². The SMILES string of the molecule is Cc1cn(-c2cncc3[nH]c(-c4n[nH]c5ncc(-c6cncc(NC(=O)c7ccccc7)c6)cc45)cc23)cn1. The summed E-state index contributed by atoms with van der Waals surface area (Å²) in [5.41, 5.74) is 7.83. The number of imidazole rings is 1. The Balaban J connectivity index is 1.25. The van der Waals surface area contributed by atoms with Crippen LogP contribution in [0.5, 0.6) is 0 Å². The Bertz CT molecular complexity index is 1980. The molecule has 0 radical (unpaired) electrons. The molecule has 6 aromatic heterocycles. The third-order valence-electron chi connectivity index (χ3n) is 6.55. The molecule has 3 N–H and O–H groups in total. The van der Waals surface area contributed by atoms with Crippen LogP contribution >= 0.6 is 0 Å². The van der Waals surface area contributed by atoms with Crippen LogP contribution in [0.4, 0.5) is 5.69 Å². The second-order valence-electron chi connectivity index (χ2n) is 9.20. The number of rotatable bonds is 5. The number of pyridine rings is 3. The first-order valence-electron chi connectivity index (χ1n) is 12.3. The molecule has 6 heterocycles. The number of aromatic nitrogens is 8. The van der Waals surface area contributed by atoms with E-state index in [4.69, 9.17) is 0 Å². The number of nitrogens with one attached hydrogen (secondary N) is 3. The summed E-state index contributed by atoms with van der Waals surface area (Å²) in [5, 5.41) is 12.4. The van der Waals surface area contributed by atoms with Gasteiger partial charge in [0.25, 0.3) is 5.91 Å². The van der Waals surface area contributed by atoms with Crippen LogP contribution in [0.15, 0.2) is 92.0 Å².